The van der Waals surface area contributed by atoms with Crippen LogP contribution < -0.4 is 9.80 Å². The third-order valence-electron chi connectivity index (χ3n) is 4.22. The molecule has 1 heterocycles. The predicted molar refractivity (Wildman–Crippen MR) is 93.7 cm³/mol. The van der Waals surface area contributed by atoms with E-state index < -0.39 is 0 Å². The van der Waals surface area contributed by atoms with Gasteiger partial charge in [-0.2, -0.15) is 0 Å². The van der Waals surface area contributed by atoms with Gasteiger partial charge in [-0.05, 0) is 35.4 Å². The second-order valence-corrected chi connectivity index (χ2v) is 5.67. The molecule has 0 unspecified atom stereocenters. The molecule has 3 aromatic carbocycles. The fourth-order valence-electron chi connectivity index (χ4n) is 3.06. The maximum atomic E-state index is 2.35. The third-order valence-corrected chi connectivity index (χ3v) is 4.22. The molecule has 108 valence electrons. The predicted octanol–water partition coefficient (Wildman–Crippen LogP) is 4.90. The van der Waals surface area contributed by atoms with Gasteiger partial charge in [0.15, 0.2) is 0 Å². The zero-order valence-corrected chi connectivity index (χ0v) is 12.6. The maximum Gasteiger partial charge on any atom is 0.0950 e. The van der Waals surface area contributed by atoms with Gasteiger partial charge in [0, 0.05) is 12.7 Å². The highest BCUT2D eigenvalue weighted by molar-refractivity contribution is 5.82. The number of hydrogen-bond donors (Lipinski definition) is 0. The summed E-state index contributed by atoms with van der Waals surface area (Å²) in [5, 5.41) is 0. The van der Waals surface area contributed by atoms with E-state index in [-0.39, 0.29) is 0 Å². The lowest BCUT2D eigenvalue weighted by molar-refractivity contribution is 0.950. The van der Waals surface area contributed by atoms with Crippen molar-refractivity contribution in [1.82, 2.24) is 0 Å². The summed E-state index contributed by atoms with van der Waals surface area (Å²) in [5.74, 6) is 0. The highest BCUT2D eigenvalue weighted by Crippen LogP contribution is 2.39. The second-order valence-electron chi connectivity index (χ2n) is 5.67. The monoisotopic (exact) mass is 286 g/mol. The molecule has 0 bridgehead atoms. The minimum absolute atomic E-state index is 0.893. The van der Waals surface area contributed by atoms with E-state index in [1.54, 1.807) is 0 Å². The van der Waals surface area contributed by atoms with Crippen molar-refractivity contribution in [3.63, 3.8) is 0 Å². The van der Waals surface area contributed by atoms with Crippen molar-refractivity contribution in [1.29, 1.82) is 0 Å². The molecule has 0 fully saturated rings. The first-order chi connectivity index (χ1) is 10.8. The maximum absolute atomic E-state index is 2.35. The normalized spacial score (nSPS) is 13.3. The number of benzene rings is 3. The molecule has 0 atom stereocenters. The number of para-hydroxylation sites is 2. The van der Waals surface area contributed by atoms with Gasteiger partial charge in [0.2, 0.25) is 0 Å². The summed E-state index contributed by atoms with van der Waals surface area (Å²) in [4.78, 5) is 4.63. The highest BCUT2D eigenvalue weighted by Gasteiger charge is 2.23. The molecule has 0 saturated carbocycles. The summed E-state index contributed by atoms with van der Waals surface area (Å²) >= 11 is 0. The highest BCUT2D eigenvalue weighted by atomic mass is 15.4. The van der Waals surface area contributed by atoms with Crippen LogP contribution in [-0.4, -0.2) is 13.7 Å². The fourth-order valence-corrected chi connectivity index (χ4v) is 3.06. The van der Waals surface area contributed by atoms with Gasteiger partial charge in [-0.3, -0.25) is 0 Å². The Labute approximate surface area is 131 Å². The SMILES string of the molecule is CN1CN(c2ccc(-c3ccccc3)cc2)c2ccccc21. The molecule has 22 heavy (non-hydrogen) atoms. The molecule has 2 nitrogen and oxygen atoms in total. The Kier molecular flexibility index (Phi) is 3.08. The van der Waals surface area contributed by atoms with Crippen LogP contribution in [0.15, 0.2) is 78.9 Å². The Bertz CT molecular complexity index is 778. The van der Waals surface area contributed by atoms with Crippen molar-refractivity contribution in [3.05, 3.63) is 78.9 Å². The summed E-state index contributed by atoms with van der Waals surface area (Å²) in [6.07, 6.45) is 0. The van der Waals surface area contributed by atoms with E-state index >= 15 is 0 Å². The first kappa shape index (κ1) is 13.0. The largest absolute Gasteiger partial charge is 0.355 e. The van der Waals surface area contributed by atoms with Crippen LogP contribution in [0.1, 0.15) is 0 Å². The molecular weight excluding hydrogens is 268 g/mol. The van der Waals surface area contributed by atoms with Gasteiger partial charge >= 0.3 is 0 Å². The minimum Gasteiger partial charge on any atom is -0.355 e. The summed E-state index contributed by atoms with van der Waals surface area (Å²) in [5.41, 5.74) is 6.31. The van der Waals surface area contributed by atoms with E-state index in [0.717, 1.165) is 6.67 Å². The number of anilines is 3. The minimum atomic E-state index is 0.893. The molecule has 0 N–H and O–H groups in total. The first-order valence-corrected chi connectivity index (χ1v) is 7.56. The molecule has 0 saturated heterocycles. The van der Waals surface area contributed by atoms with Crippen molar-refractivity contribution in [3.8, 4) is 11.1 Å². The molecule has 0 aromatic heterocycles. The van der Waals surface area contributed by atoms with Gasteiger partial charge in [0.25, 0.3) is 0 Å². The Hall–Kier alpha value is -2.74. The van der Waals surface area contributed by atoms with Crippen LogP contribution in [-0.2, 0) is 0 Å². The average Bonchev–Trinajstić information content (AvgIpc) is 2.93. The van der Waals surface area contributed by atoms with Crippen LogP contribution in [0.3, 0.4) is 0 Å². The molecule has 4 rings (SSSR count). The Morgan fingerprint density at radius 1 is 0.636 bits per heavy atom. The number of fused-ring (bicyclic) bond motifs is 1. The van der Waals surface area contributed by atoms with E-state index in [1.807, 2.05) is 0 Å². The zero-order valence-electron chi connectivity index (χ0n) is 12.6. The molecule has 1 aliphatic rings. The summed E-state index contributed by atoms with van der Waals surface area (Å²) in [6, 6.07) is 27.9. The van der Waals surface area contributed by atoms with Crippen LogP contribution in [0.5, 0.6) is 0 Å². The molecule has 2 heteroatoms. The quantitative estimate of drug-likeness (QED) is 0.661. The second kappa shape index (κ2) is 5.23. The standard InChI is InChI=1S/C20H18N2/c1-21-15-22(20-10-6-5-9-19(20)21)18-13-11-17(12-14-18)16-7-3-2-4-8-16/h2-14H,15H2,1H3. The van der Waals surface area contributed by atoms with Crippen LogP contribution in [0, 0.1) is 0 Å². The lowest BCUT2D eigenvalue weighted by Crippen LogP contribution is -2.23. The first-order valence-electron chi connectivity index (χ1n) is 7.56. The van der Waals surface area contributed by atoms with E-state index in [9.17, 15) is 0 Å². The Morgan fingerprint density at radius 3 is 1.95 bits per heavy atom. The van der Waals surface area contributed by atoms with Crippen molar-refractivity contribution in [2.75, 3.05) is 23.5 Å². The van der Waals surface area contributed by atoms with Gasteiger partial charge in [-0.25, -0.2) is 0 Å². The van der Waals surface area contributed by atoms with E-state index in [4.69, 9.17) is 0 Å². The van der Waals surface area contributed by atoms with Crippen LogP contribution in [0.25, 0.3) is 11.1 Å². The van der Waals surface area contributed by atoms with Gasteiger partial charge in [0.1, 0.15) is 0 Å². The number of hydrogen-bond acceptors (Lipinski definition) is 2. The van der Waals surface area contributed by atoms with Crippen molar-refractivity contribution >= 4 is 17.1 Å². The molecule has 0 spiro atoms. The molecule has 0 amide bonds. The molecule has 3 aromatic rings. The van der Waals surface area contributed by atoms with Crippen molar-refractivity contribution < 1.29 is 0 Å². The molecule has 1 aliphatic heterocycles. The Morgan fingerprint density at radius 2 is 1.23 bits per heavy atom. The van der Waals surface area contributed by atoms with Crippen molar-refractivity contribution in [2.24, 2.45) is 0 Å². The van der Waals surface area contributed by atoms with Gasteiger partial charge < -0.3 is 9.80 Å². The van der Waals surface area contributed by atoms with Gasteiger partial charge in [0.05, 0.1) is 18.0 Å². The smallest absolute Gasteiger partial charge is 0.0950 e. The third kappa shape index (κ3) is 2.13. The topological polar surface area (TPSA) is 6.48 Å². The number of nitrogens with zero attached hydrogens (tertiary/aromatic N) is 2. The lowest BCUT2D eigenvalue weighted by Gasteiger charge is -2.19. The molecular formula is C20H18N2. The van der Waals surface area contributed by atoms with Gasteiger partial charge in [-0.15, -0.1) is 0 Å². The summed E-state index contributed by atoms with van der Waals surface area (Å²) < 4.78 is 0. The van der Waals surface area contributed by atoms with Crippen LogP contribution in [0.2, 0.25) is 0 Å². The molecule has 0 aliphatic carbocycles. The Balaban J connectivity index is 1.68. The van der Waals surface area contributed by atoms with Crippen LogP contribution in [0.4, 0.5) is 17.1 Å². The van der Waals surface area contributed by atoms with Crippen molar-refractivity contribution in [2.45, 2.75) is 0 Å². The number of rotatable bonds is 2. The van der Waals surface area contributed by atoms with Gasteiger partial charge in [-0.1, -0.05) is 54.6 Å². The summed E-state index contributed by atoms with van der Waals surface area (Å²) in [6.45, 7) is 0.893. The van der Waals surface area contributed by atoms with E-state index in [2.05, 4.69) is 95.7 Å². The molecule has 0 radical (unpaired) electrons. The van der Waals surface area contributed by atoms with E-state index in [1.165, 1.54) is 28.2 Å². The lowest BCUT2D eigenvalue weighted by atomic mass is 10.1. The van der Waals surface area contributed by atoms with Crippen LogP contribution >= 0.6 is 0 Å². The zero-order chi connectivity index (χ0) is 14.9. The fraction of sp³-hybridized carbons (Fsp3) is 0.100. The summed E-state index contributed by atoms with van der Waals surface area (Å²) in [7, 11) is 2.14. The average molecular weight is 286 g/mol. The van der Waals surface area contributed by atoms with E-state index in [0.29, 0.717) is 0 Å².